The normalized spacial score (nSPS) is 16.0. The predicted molar refractivity (Wildman–Crippen MR) is 131 cm³/mol. The third-order valence-corrected chi connectivity index (χ3v) is 7.09. The van der Waals surface area contributed by atoms with Gasteiger partial charge in [-0.3, -0.25) is 14.2 Å². The molecule has 1 amide bonds. The maximum absolute atomic E-state index is 13.3. The van der Waals surface area contributed by atoms with E-state index < -0.39 is 0 Å². The molecule has 0 spiro atoms. The summed E-state index contributed by atoms with van der Waals surface area (Å²) in [6, 6.07) is 14.0. The first-order valence-corrected chi connectivity index (χ1v) is 11.9. The number of thioether (sulfide) groups is 1. The van der Waals surface area contributed by atoms with Gasteiger partial charge in [0.1, 0.15) is 18.3 Å². The average Bonchev–Trinajstić information content (AvgIpc) is 3.13. The van der Waals surface area contributed by atoms with Crippen molar-refractivity contribution in [1.29, 1.82) is 0 Å². The van der Waals surface area contributed by atoms with Gasteiger partial charge in [0.15, 0.2) is 5.65 Å². The number of nitrogens with zero attached hydrogens (tertiary/aromatic N) is 5. The van der Waals surface area contributed by atoms with Gasteiger partial charge in [-0.15, -0.1) is 11.8 Å². The Morgan fingerprint density at radius 3 is 2.70 bits per heavy atom. The highest BCUT2D eigenvalue weighted by Gasteiger charge is 2.25. The van der Waals surface area contributed by atoms with Gasteiger partial charge in [0.2, 0.25) is 5.91 Å². The summed E-state index contributed by atoms with van der Waals surface area (Å²) in [6.45, 7) is 6.77. The molecular formula is C25H25N5O2S. The van der Waals surface area contributed by atoms with Crippen molar-refractivity contribution in [2.45, 2.75) is 43.9 Å². The molecule has 0 fully saturated rings. The second-order valence-corrected chi connectivity index (χ2v) is 10.0. The lowest BCUT2D eigenvalue weighted by atomic mass is 10.1. The maximum Gasteiger partial charge on any atom is 0.264 e. The van der Waals surface area contributed by atoms with E-state index in [9.17, 15) is 9.59 Å². The first-order valence-electron chi connectivity index (χ1n) is 11.0. The Balaban J connectivity index is 1.47. The van der Waals surface area contributed by atoms with Gasteiger partial charge in [0.05, 0.1) is 17.6 Å². The van der Waals surface area contributed by atoms with Crippen LogP contribution >= 0.6 is 11.8 Å². The molecule has 8 heteroatoms. The fourth-order valence-electron chi connectivity index (χ4n) is 4.30. The van der Waals surface area contributed by atoms with Crippen LogP contribution in [0.2, 0.25) is 0 Å². The van der Waals surface area contributed by atoms with Crippen LogP contribution in [0.1, 0.15) is 24.5 Å². The van der Waals surface area contributed by atoms with Crippen LogP contribution in [0.15, 0.2) is 64.7 Å². The van der Waals surface area contributed by atoms with Crippen LogP contribution in [0.4, 0.5) is 5.69 Å². The van der Waals surface area contributed by atoms with Crippen LogP contribution in [0.3, 0.4) is 0 Å². The maximum atomic E-state index is 13.3. The summed E-state index contributed by atoms with van der Waals surface area (Å²) < 4.78 is 3.05. The molecule has 33 heavy (non-hydrogen) atoms. The van der Waals surface area contributed by atoms with E-state index in [1.807, 2.05) is 50.2 Å². The zero-order valence-corrected chi connectivity index (χ0v) is 19.7. The van der Waals surface area contributed by atoms with Crippen LogP contribution < -0.4 is 10.5 Å². The molecular weight excluding hydrogens is 434 g/mol. The Morgan fingerprint density at radius 1 is 1.15 bits per heavy atom. The van der Waals surface area contributed by atoms with Gasteiger partial charge in [-0.05, 0) is 55.7 Å². The van der Waals surface area contributed by atoms with Crippen molar-refractivity contribution < 1.29 is 4.79 Å². The number of hydrogen-bond donors (Lipinski definition) is 0. The second kappa shape index (κ2) is 8.51. The lowest BCUT2D eigenvalue weighted by molar-refractivity contribution is -0.119. The molecule has 0 radical (unpaired) electrons. The van der Waals surface area contributed by atoms with Gasteiger partial charge < -0.3 is 4.90 Å². The minimum absolute atomic E-state index is 0.0656. The number of aryl methyl sites for hydroxylation is 2. The van der Waals surface area contributed by atoms with E-state index in [1.54, 1.807) is 21.3 Å². The Bertz CT molecular complexity index is 1400. The number of para-hydroxylation sites is 1. The number of fused-ring (bicyclic) bond motifs is 2. The average molecular weight is 460 g/mol. The summed E-state index contributed by atoms with van der Waals surface area (Å²) in [5.41, 5.74) is 4.20. The molecule has 4 aromatic rings. The molecule has 1 unspecified atom stereocenters. The van der Waals surface area contributed by atoms with Crippen LogP contribution in [-0.4, -0.2) is 37.0 Å². The number of hydrogen-bond acceptors (Lipinski definition) is 5. The van der Waals surface area contributed by atoms with Gasteiger partial charge in [0, 0.05) is 16.7 Å². The molecule has 0 saturated heterocycles. The van der Waals surface area contributed by atoms with Crippen LogP contribution in [-0.2, 0) is 11.3 Å². The van der Waals surface area contributed by atoms with Crippen molar-refractivity contribution in [3.05, 3.63) is 76.5 Å². The van der Waals surface area contributed by atoms with Crippen LogP contribution in [0.25, 0.3) is 16.7 Å². The summed E-state index contributed by atoms with van der Waals surface area (Å²) in [6.07, 6.45) is 3.87. The van der Waals surface area contributed by atoms with Gasteiger partial charge >= 0.3 is 0 Å². The molecule has 5 rings (SSSR count). The zero-order chi connectivity index (χ0) is 23.1. The van der Waals surface area contributed by atoms with Crippen molar-refractivity contribution in [1.82, 2.24) is 19.3 Å². The fraction of sp³-hybridized carbons (Fsp3) is 0.280. The molecule has 1 atom stereocenters. The first-order chi connectivity index (χ1) is 15.9. The highest BCUT2D eigenvalue weighted by atomic mass is 32.2. The molecule has 0 bridgehead atoms. The Morgan fingerprint density at radius 2 is 1.91 bits per heavy atom. The first kappa shape index (κ1) is 21.5. The lowest BCUT2D eigenvalue weighted by Gasteiger charge is -2.22. The Labute approximate surface area is 196 Å². The quantitative estimate of drug-likeness (QED) is 0.461. The molecule has 1 aliphatic heterocycles. The molecule has 168 valence electrons. The van der Waals surface area contributed by atoms with E-state index in [2.05, 4.69) is 23.1 Å². The molecule has 0 aliphatic carbocycles. The number of carbonyl (C=O) groups excluding carboxylic acids is 1. The third kappa shape index (κ3) is 4.06. The molecule has 7 nitrogen and oxygen atoms in total. The smallest absolute Gasteiger partial charge is 0.264 e. The number of aromatic nitrogens is 4. The number of carbonyl (C=O) groups is 1. The minimum Gasteiger partial charge on any atom is -0.310 e. The monoisotopic (exact) mass is 459 g/mol. The van der Waals surface area contributed by atoms with Gasteiger partial charge in [-0.25, -0.2) is 9.67 Å². The van der Waals surface area contributed by atoms with Crippen molar-refractivity contribution >= 4 is 34.4 Å². The van der Waals surface area contributed by atoms with E-state index in [0.717, 1.165) is 33.8 Å². The van der Waals surface area contributed by atoms with Crippen molar-refractivity contribution in [3.63, 3.8) is 0 Å². The minimum atomic E-state index is -0.269. The van der Waals surface area contributed by atoms with Crippen molar-refractivity contribution in [2.75, 3.05) is 11.4 Å². The Kier molecular flexibility index (Phi) is 5.54. The number of amides is 1. The van der Waals surface area contributed by atoms with E-state index in [1.165, 1.54) is 17.1 Å². The highest BCUT2D eigenvalue weighted by molar-refractivity contribution is 8.00. The summed E-state index contributed by atoms with van der Waals surface area (Å²) in [7, 11) is 0. The van der Waals surface area contributed by atoms with Crippen molar-refractivity contribution in [2.24, 2.45) is 0 Å². The van der Waals surface area contributed by atoms with E-state index in [4.69, 9.17) is 0 Å². The van der Waals surface area contributed by atoms with Gasteiger partial charge in [0.25, 0.3) is 5.56 Å². The third-order valence-electron chi connectivity index (χ3n) is 5.86. The Hall–Kier alpha value is -3.39. The standard InChI is InChI=1S/C25H25N5O2S/c1-16-10-17(2)12-19(11-16)30-24-20(13-27-30)25(32)28(15-26-24)14-23(31)29-9-8-18(3)33-22-7-5-4-6-21(22)29/h4-7,10-13,15,18H,8-9,14H2,1-3H3. The summed E-state index contributed by atoms with van der Waals surface area (Å²) in [4.78, 5) is 33.9. The molecule has 1 aliphatic rings. The lowest BCUT2D eigenvalue weighted by Crippen LogP contribution is -2.37. The number of rotatable bonds is 3. The van der Waals surface area contributed by atoms with Gasteiger partial charge in [-0.1, -0.05) is 25.1 Å². The van der Waals surface area contributed by atoms with Crippen molar-refractivity contribution in [3.8, 4) is 5.69 Å². The zero-order valence-electron chi connectivity index (χ0n) is 18.9. The molecule has 0 N–H and O–H groups in total. The number of anilines is 1. The van der Waals surface area contributed by atoms with E-state index >= 15 is 0 Å². The molecule has 2 aromatic carbocycles. The van der Waals surface area contributed by atoms with Gasteiger partial charge in [-0.2, -0.15) is 5.10 Å². The largest absolute Gasteiger partial charge is 0.310 e. The van der Waals surface area contributed by atoms with Crippen LogP contribution in [0.5, 0.6) is 0 Å². The van der Waals surface area contributed by atoms with E-state index in [-0.39, 0.29) is 18.0 Å². The summed E-state index contributed by atoms with van der Waals surface area (Å²) >= 11 is 1.78. The fourth-order valence-corrected chi connectivity index (χ4v) is 5.41. The molecule has 0 saturated carbocycles. The molecule has 3 heterocycles. The SMILES string of the molecule is Cc1cc(C)cc(-n2ncc3c(=O)n(CC(=O)N4CCC(C)Sc5ccccc54)cnc32)c1. The highest BCUT2D eigenvalue weighted by Crippen LogP contribution is 2.37. The number of benzene rings is 2. The second-order valence-electron chi connectivity index (χ2n) is 8.55. The summed E-state index contributed by atoms with van der Waals surface area (Å²) in [5.74, 6) is -0.123. The van der Waals surface area contributed by atoms with Crippen LogP contribution in [0, 0.1) is 13.8 Å². The summed E-state index contributed by atoms with van der Waals surface area (Å²) in [5, 5.41) is 5.22. The van der Waals surface area contributed by atoms with E-state index in [0.29, 0.717) is 22.8 Å². The predicted octanol–water partition coefficient (Wildman–Crippen LogP) is 4.12. The molecule has 2 aromatic heterocycles. The topological polar surface area (TPSA) is 73.0 Å².